The van der Waals surface area contributed by atoms with Crippen molar-refractivity contribution in [2.24, 2.45) is 0 Å². The largest absolute Gasteiger partial charge is 0.465 e. The summed E-state index contributed by atoms with van der Waals surface area (Å²) in [7, 11) is 1.23. The SMILES string of the molecule is COC(=O)c1c(NC(=O)C(C)Sc2cccc(NC(=O)/C(=C\c3ccc(Br)cc3)NC(=O)c3ccccc3)c2)sc(C(=O)Nc2ccccc2)c1C. The van der Waals surface area contributed by atoms with Crippen LogP contribution in [0.4, 0.5) is 16.4 Å². The topological polar surface area (TPSA) is 143 Å². The highest BCUT2D eigenvalue weighted by Gasteiger charge is 2.28. The lowest BCUT2D eigenvalue weighted by Gasteiger charge is -2.14. The maximum Gasteiger partial charge on any atom is 0.341 e. The molecular formula is C39H33BrN4O6S2. The lowest BCUT2D eigenvalue weighted by atomic mass is 10.1. The number of hydrogen-bond donors (Lipinski definition) is 4. The summed E-state index contributed by atoms with van der Waals surface area (Å²) in [5, 5.41) is 10.7. The van der Waals surface area contributed by atoms with Crippen LogP contribution in [0.15, 0.2) is 124 Å². The predicted molar refractivity (Wildman–Crippen MR) is 210 cm³/mol. The third kappa shape index (κ3) is 9.84. The van der Waals surface area contributed by atoms with Crippen LogP contribution in [0.1, 0.15) is 48.4 Å². The van der Waals surface area contributed by atoms with Gasteiger partial charge in [-0.05, 0) is 85.6 Å². The smallest absolute Gasteiger partial charge is 0.341 e. The minimum atomic E-state index is -0.680. The lowest BCUT2D eigenvalue weighted by molar-refractivity contribution is -0.115. The second kappa shape index (κ2) is 17.6. The molecule has 4 N–H and O–H groups in total. The summed E-state index contributed by atoms with van der Waals surface area (Å²) in [5.74, 6) is -2.50. The van der Waals surface area contributed by atoms with Gasteiger partial charge in [-0.15, -0.1) is 23.1 Å². The van der Waals surface area contributed by atoms with Crippen LogP contribution in [0, 0.1) is 6.92 Å². The van der Waals surface area contributed by atoms with Gasteiger partial charge in [-0.3, -0.25) is 19.2 Å². The number of esters is 1. The zero-order chi connectivity index (χ0) is 37.2. The van der Waals surface area contributed by atoms with E-state index in [-0.39, 0.29) is 21.1 Å². The van der Waals surface area contributed by atoms with Gasteiger partial charge in [0.2, 0.25) is 5.91 Å². The van der Waals surface area contributed by atoms with E-state index in [9.17, 15) is 24.0 Å². The third-order valence-electron chi connectivity index (χ3n) is 7.49. The number of amides is 4. The number of ether oxygens (including phenoxy) is 1. The Kier molecular flexibility index (Phi) is 12.8. The fraction of sp³-hybridized carbons (Fsp3) is 0.103. The number of hydrogen-bond acceptors (Lipinski definition) is 8. The number of halogens is 1. The molecule has 5 rings (SSSR count). The predicted octanol–water partition coefficient (Wildman–Crippen LogP) is 8.39. The Morgan fingerprint density at radius 3 is 2.12 bits per heavy atom. The van der Waals surface area contributed by atoms with Crippen molar-refractivity contribution in [3.8, 4) is 0 Å². The molecule has 1 atom stereocenters. The summed E-state index contributed by atoms with van der Waals surface area (Å²) in [6.45, 7) is 3.33. The van der Waals surface area contributed by atoms with Crippen LogP contribution in [0.3, 0.4) is 0 Å². The zero-order valence-electron chi connectivity index (χ0n) is 28.2. The molecule has 264 valence electrons. The van der Waals surface area contributed by atoms with E-state index in [1.165, 1.54) is 18.9 Å². The minimum Gasteiger partial charge on any atom is -0.465 e. The van der Waals surface area contributed by atoms with E-state index in [1.807, 2.05) is 30.3 Å². The quantitative estimate of drug-likeness (QED) is 0.0565. The number of anilines is 3. The van der Waals surface area contributed by atoms with Gasteiger partial charge in [-0.25, -0.2) is 4.79 Å². The summed E-state index contributed by atoms with van der Waals surface area (Å²) in [6.07, 6.45) is 1.58. The molecule has 4 aromatic carbocycles. The van der Waals surface area contributed by atoms with Gasteiger partial charge in [0.25, 0.3) is 17.7 Å². The van der Waals surface area contributed by atoms with Crippen molar-refractivity contribution < 1.29 is 28.7 Å². The van der Waals surface area contributed by atoms with Gasteiger partial charge in [0.05, 0.1) is 22.8 Å². The van der Waals surface area contributed by atoms with Gasteiger partial charge in [0.1, 0.15) is 10.7 Å². The number of benzene rings is 4. The van der Waals surface area contributed by atoms with Crippen LogP contribution in [0.5, 0.6) is 0 Å². The molecule has 0 spiro atoms. The molecule has 0 radical (unpaired) electrons. The monoisotopic (exact) mass is 796 g/mol. The molecule has 0 saturated carbocycles. The zero-order valence-corrected chi connectivity index (χ0v) is 31.4. The average molecular weight is 798 g/mol. The Hall–Kier alpha value is -5.50. The highest BCUT2D eigenvalue weighted by atomic mass is 79.9. The molecule has 5 aromatic rings. The number of methoxy groups -OCH3 is 1. The molecule has 10 nitrogen and oxygen atoms in total. The number of nitrogens with one attached hydrogen (secondary N) is 4. The average Bonchev–Trinajstić information content (AvgIpc) is 3.47. The summed E-state index contributed by atoms with van der Waals surface area (Å²) in [5.41, 5.74) is 2.64. The number of para-hydroxylation sites is 1. The van der Waals surface area contributed by atoms with E-state index >= 15 is 0 Å². The molecule has 0 bridgehead atoms. The van der Waals surface area contributed by atoms with E-state index in [0.29, 0.717) is 33.0 Å². The normalized spacial score (nSPS) is 11.6. The van der Waals surface area contributed by atoms with Crippen LogP contribution >= 0.6 is 39.0 Å². The van der Waals surface area contributed by atoms with Crippen molar-refractivity contribution >= 4 is 91.1 Å². The standard InChI is InChI=1S/C39H33BrN4O6S2/c1-23-32(39(49)50-3)38(52-33(23)37(48)41-28-13-8-5-9-14-28)44-34(45)24(2)51-30-16-10-15-29(22-30)42-36(47)31(21-25-17-19-27(40)20-18-25)43-35(46)26-11-6-4-7-12-26/h4-22,24H,1-3H3,(H,41,48)(H,42,47)(H,43,46)(H,44,45)/b31-21+. The first-order valence-corrected chi connectivity index (χ1v) is 18.3. The van der Waals surface area contributed by atoms with E-state index in [0.717, 1.165) is 15.8 Å². The minimum absolute atomic E-state index is 0.0337. The molecule has 1 heterocycles. The first kappa shape index (κ1) is 37.7. The van der Waals surface area contributed by atoms with Gasteiger partial charge < -0.3 is 26.0 Å². The van der Waals surface area contributed by atoms with E-state index in [2.05, 4.69) is 37.2 Å². The van der Waals surface area contributed by atoms with Crippen molar-refractivity contribution in [2.75, 3.05) is 23.1 Å². The molecular weight excluding hydrogens is 764 g/mol. The van der Waals surface area contributed by atoms with E-state index in [4.69, 9.17) is 4.74 Å². The summed E-state index contributed by atoms with van der Waals surface area (Å²) >= 11 is 5.62. The first-order valence-electron chi connectivity index (χ1n) is 15.8. The molecule has 0 fully saturated rings. The second-order valence-corrected chi connectivity index (χ2v) is 14.6. The van der Waals surface area contributed by atoms with Crippen LogP contribution < -0.4 is 21.3 Å². The summed E-state index contributed by atoms with van der Waals surface area (Å²) < 4.78 is 5.83. The van der Waals surface area contributed by atoms with Gasteiger partial charge in [-0.2, -0.15) is 0 Å². The highest BCUT2D eigenvalue weighted by molar-refractivity contribution is 9.10. The highest BCUT2D eigenvalue weighted by Crippen LogP contribution is 2.35. The Morgan fingerprint density at radius 1 is 0.788 bits per heavy atom. The maximum absolute atomic E-state index is 13.5. The molecule has 1 unspecified atom stereocenters. The molecule has 0 aliphatic carbocycles. The van der Waals surface area contributed by atoms with Crippen molar-refractivity contribution in [1.29, 1.82) is 0 Å². The van der Waals surface area contributed by atoms with E-state index in [1.54, 1.807) is 98.8 Å². The summed E-state index contributed by atoms with van der Waals surface area (Å²) in [4.78, 5) is 66.8. The van der Waals surface area contributed by atoms with Crippen LogP contribution in [-0.4, -0.2) is 42.0 Å². The number of carbonyl (C=O) groups excluding carboxylic acids is 5. The number of rotatable bonds is 12. The summed E-state index contributed by atoms with van der Waals surface area (Å²) in [6, 6.07) is 31.7. The van der Waals surface area contributed by atoms with Crippen molar-refractivity contribution in [3.05, 3.63) is 146 Å². The fourth-order valence-electron chi connectivity index (χ4n) is 4.86. The Bertz CT molecular complexity index is 2140. The lowest BCUT2D eigenvalue weighted by Crippen LogP contribution is -2.30. The van der Waals surface area contributed by atoms with E-state index < -0.39 is 34.8 Å². The molecule has 0 aliphatic rings. The molecule has 0 saturated heterocycles. The third-order valence-corrected chi connectivity index (χ3v) is 10.3. The maximum atomic E-state index is 13.5. The van der Waals surface area contributed by atoms with Gasteiger partial charge >= 0.3 is 5.97 Å². The van der Waals surface area contributed by atoms with Crippen molar-refractivity contribution in [1.82, 2.24) is 5.32 Å². The molecule has 13 heteroatoms. The first-order chi connectivity index (χ1) is 25.0. The molecule has 4 amide bonds. The van der Waals surface area contributed by atoms with Crippen LogP contribution in [0.25, 0.3) is 6.08 Å². The Labute approximate surface area is 317 Å². The fourth-order valence-corrected chi connectivity index (χ4v) is 7.14. The number of thiophene rings is 1. The Morgan fingerprint density at radius 2 is 1.44 bits per heavy atom. The Balaban J connectivity index is 1.29. The number of carbonyl (C=O) groups is 5. The van der Waals surface area contributed by atoms with Crippen molar-refractivity contribution in [3.63, 3.8) is 0 Å². The molecule has 52 heavy (non-hydrogen) atoms. The molecule has 0 aliphatic heterocycles. The number of thioether (sulfide) groups is 1. The van der Waals surface area contributed by atoms with Gasteiger partial charge in [0, 0.05) is 26.3 Å². The van der Waals surface area contributed by atoms with Crippen LogP contribution in [-0.2, 0) is 14.3 Å². The van der Waals surface area contributed by atoms with Gasteiger partial charge in [-0.1, -0.05) is 70.5 Å². The van der Waals surface area contributed by atoms with Gasteiger partial charge in [0.15, 0.2) is 0 Å². The molecule has 1 aromatic heterocycles. The second-order valence-electron chi connectivity index (χ2n) is 11.2. The van der Waals surface area contributed by atoms with Crippen LogP contribution in [0.2, 0.25) is 0 Å². The van der Waals surface area contributed by atoms with Crippen molar-refractivity contribution in [2.45, 2.75) is 24.0 Å².